The van der Waals surface area contributed by atoms with E-state index in [2.05, 4.69) is 5.32 Å². The van der Waals surface area contributed by atoms with E-state index in [9.17, 15) is 22.8 Å². The number of carboxylic acid groups (broad SMARTS) is 1. The van der Waals surface area contributed by atoms with Crippen LogP contribution in [0.15, 0.2) is 24.3 Å². The molecule has 0 atom stereocenters. The number of alkyl halides is 3. The average molecular weight is 303 g/mol. The summed E-state index contributed by atoms with van der Waals surface area (Å²) < 4.78 is 42.4. The Hall–Kier alpha value is -2.25. The highest BCUT2D eigenvalue weighted by molar-refractivity contribution is 5.90. The van der Waals surface area contributed by atoms with Gasteiger partial charge in [0, 0.05) is 0 Å². The third-order valence-corrected chi connectivity index (χ3v) is 3.07. The number of hydrogen-bond donors (Lipinski definition) is 2. The maximum atomic E-state index is 12.5. The molecule has 114 valence electrons. The summed E-state index contributed by atoms with van der Waals surface area (Å²) in [5, 5.41) is 11.2. The minimum atomic E-state index is -4.50. The van der Waals surface area contributed by atoms with Gasteiger partial charge in [-0.05, 0) is 31.0 Å². The third kappa shape index (κ3) is 3.65. The predicted molar refractivity (Wildman–Crippen MR) is 64.7 cm³/mol. The lowest BCUT2D eigenvalue weighted by Gasteiger charge is -2.13. The zero-order valence-electron chi connectivity index (χ0n) is 10.7. The van der Waals surface area contributed by atoms with Crippen LogP contribution in [0.25, 0.3) is 0 Å². The van der Waals surface area contributed by atoms with E-state index in [1.54, 1.807) is 0 Å². The summed E-state index contributed by atoms with van der Waals surface area (Å²) in [5.74, 6) is -1.93. The molecule has 0 aliphatic heterocycles. The van der Waals surface area contributed by atoms with Crippen LogP contribution in [-0.2, 0) is 15.8 Å². The standard InChI is InChI=1S/C13H12F3NO4/c14-13(15,16)8-2-1-3-9(6-8)21-7-10(18)17-12(4-5-12)11(19)20/h1-3,6H,4-5,7H2,(H,17,18)(H,19,20). The first-order valence-electron chi connectivity index (χ1n) is 6.07. The quantitative estimate of drug-likeness (QED) is 0.870. The minimum Gasteiger partial charge on any atom is -0.484 e. The van der Waals surface area contributed by atoms with Crippen LogP contribution >= 0.6 is 0 Å². The zero-order valence-corrected chi connectivity index (χ0v) is 10.7. The van der Waals surface area contributed by atoms with Crippen molar-refractivity contribution in [2.75, 3.05) is 6.61 Å². The summed E-state index contributed by atoms with van der Waals surface area (Å²) in [6.07, 6.45) is -3.84. The van der Waals surface area contributed by atoms with Crippen LogP contribution < -0.4 is 10.1 Å². The number of nitrogens with one attached hydrogen (secondary N) is 1. The van der Waals surface area contributed by atoms with Gasteiger partial charge in [0.05, 0.1) is 5.56 Å². The molecule has 21 heavy (non-hydrogen) atoms. The normalized spacial score (nSPS) is 16.1. The van der Waals surface area contributed by atoms with Crippen molar-refractivity contribution in [2.45, 2.75) is 24.6 Å². The molecule has 1 fully saturated rings. The molecule has 1 aliphatic carbocycles. The average Bonchev–Trinajstić information content (AvgIpc) is 3.17. The van der Waals surface area contributed by atoms with Gasteiger partial charge < -0.3 is 15.2 Å². The summed E-state index contributed by atoms with van der Waals surface area (Å²) in [5.41, 5.74) is -2.13. The van der Waals surface area contributed by atoms with E-state index in [1.165, 1.54) is 6.07 Å². The molecule has 2 rings (SSSR count). The number of halogens is 3. The largest absolute Gasteiger partial charge is 0.484 e. The molecule has 1 aromatic carbocycles. The molecule has 1 amide bonds. The van der Waals surface area contributed by atoms with Crippen LogP contribution in [0.1, 0.15) is 18.4 Å². The number of amides is 1. The van der Waals surface area contributed by atoms with Crippen molar-refractivity contribution in [3.05, 3.63) is 29.8 Å². The lowest BCUT2D eigenvalue weighted by molar-refractivity contribution is -0.143. The second-order valence-corrected chi connectivity index (χ2v) is 4.75. The number of rotatable bonds is 5. The van der Waals surface area contributed by atoms with Crippen molar-refractivity contribution in [2.24, 2.45) is 0 Å². The van der Waals surface area contributed by atoms with Gasteiger partial charge in [0.1, 0.15) is 11.3 Å². The van der Waals surface area contributed by atoms with Crippen molar-refractivity contribution < 1.29 is 32.6 Å². The molecule has 8 heteroatoms. The van der Waals surface area contributed by atoms with Crippen molar-refractivity contribution in [3.8, 4) is 5.75 Å². The minimum absolute atomic E-state index is 0.111. The smallest absolute Gasteiger partial charge is 0.416 e. The summed E-state index contributed by atoms with van der Waals surface area (Å²) in [4.78, 5) is 22.4. The number of carboxylic acids is 1. The van der Waals surface area contributed by atoms with E-state index in [0.29, 0.717) is 12.8 Å². The van der Waals surface area contributed by atoms with Crippen LogP contribution in [0.4, 0.5) is 13.2 Å². The number of carbonyl (C=O) groups is 2. The molecular formula is C13H12F3NO4. The lowest BCUT2D eigenvalue weighted by Crippen LogP contribution is -2.45. The molecule has 0 aromatic heterocycles. The van der Waals surface area contributed by atoms with Crippen molar-refractivity contribution in [3.63, 3.8) is 0 Å². The zero-order chi connectivity index (χ0) is 15.7. The number of benzene rings is 1. The van der Waals surface area contributed by atoms with Crippen molar-refractivity contribution in [1.82, 2.24) is 5.32 Å². The molecule has 0 spiro atoms. The van der Waals surface area contributed by atoms with E-state index in [4.69, 9.17) is 9.84 Å². The fourth-order valence-corrected chi connectivity index (χ4v) is 1.73. The molecule has 0 unspecified atom stereocenters. The van der Waals surface area contributed by atoms with Gasteiger partial charge in [0.2, 0.25) is 0 Å². The molecule has 0 saturated heterocycles. The van der Waals surface area contributed by atoms with E-state index >= 15 is 0 Å². The molecule has 0 radical (unpaired) electrons. The Balaban J connectivity index is 1.91. The predicted octanol–water partition coefficient (Wildman–Crippen LogP) is 1.82. The number of aliphatic carboxylic acids is 1. The molecule has 1 aliphatic rings. The van der Waals surface area contributed by atoms with Gasteiger partial charge in [-0.15, -0.1) is 0 Å². The maximum absolute atomic E-state index is 12.5. The molecule has 1 aromatic rings. The van der Waals surface area contributed by atoms with Crippen molar-refractivity contribution in [1.29, 1.82) is 0 Å². The summed E-state index contributed by atoms with van der Waals surface area (Å²) in [6.45, 7) is -0.545. The van der Waals surface area contributed by atoms with Gasteiger partial charge in [-0.1, -0.05) is 6.07 Å². The van der Waals surface area contributed by atoms with Crippen LogP contribution in [0.3, 0.4) is 0 Å². The van der Waals surface area contributed by atoms with Gasteiger partial charge in [-0.25, -0.2) is 4.79 Å². The van der Waals surface area contributed by atoms with Gasteiger partial charge in [0.15, 0.2) is 6.61 Å². The highest BCUT2D eigenvalue weighted by atomic mass is 19.4. The second-order valence-electron chi connectivity index (χ2n) is 4.75. The van der Waals surface area contributed by atoms with Crippen LogP contribution in [-0.4, -0.2) is 29.1 Å². The Kier molecular flexibility index (Phi) is 3.80. The van der Waals surface area contributed by atoms with E-state index in [1.807, 2.05) is 0 Å². The number of hydrogen-bond acceptors (Lipinski definition) is 3. The fraction of sp³-hybridized carbons (Fsp3) is 0.385. The Morgan fingerprint density at radius 2 is 2.00 bits per heavy atom. The fourth-order valence-electron chi connectivity index (χ4n) is 1.73. The van der Waals surface area contributed by atoms with E-state index in [-0.39, 0.29) is 5.75 Å². The molecule has 5 nitrogen and oxygen atoms in total. The second kappa shape index (κ2) is 5.27. The molecule has 0 heterocycles. The molecule has 2 N–H and O–H groups in total. The third-order valence-electron chi connectivity index (χ3n) is 3.07. The first kappa shape index (κ1) is 15.1. The van der Waals surface area contributed by atoms with Gasteiger partial charge >= 0.3 is 12.1 Å². The Morgan fingerprint density at radius 3 is 2.52 bits per heavy atom. The van der Waals surface area contributed by atoms with Crippen LogP contribution in [0, 0.1) is 0 Å². The Morgan fingerprint density at radius 1 is 1.33 bits per heavy atom. The maximum Gasteiger partial charge on any atom is 0.416 e. The summed E-state index contributed by atoms with van der Waals surface area (Å²) in [6, 6.07) is 4.11. The lowest BCUT2D eigenvalue weighted by atomic mass is 10.2. The van der Waals surface area contributed by atoms with Crippen molar-refractivity contribution >= 4 is 11.9 Å². The monoisotopic (exact) mass is 303 g/mol. The Labute approximate surface area is 117 Å². The number of ether oxygens (including phenoxy) is 1. The topological polar surface area (TPSA) is 75.6 Å². The molecule has 1 saturated carbocycles. The first-order valence-corrected chi connectivity index (χ1v) is 6.07. The molecular weight excluding hydrogens is 291 g/mol. The van der Waals surface area contributed by atoms with Crippen LogP contribution in [0.5, 0.6) is 5.75 Å². The van der Waals surface area contributed by atoms with Gasteiger partial charge in [-0.3, -0.25) is 4.79 Å². The number of carbonyl (C=O) groups excluding carboxylic acids is 1. The Bertz CT molecular complexity index is 567. The van der Waals surface area contributed by atoms with Gasteiger partial charge in [-0.2, -0.15) is 13.2 Å². The highest BCUT2D eigenvalue weighted by Gasteiger charge is 2.51. The summed E-state index contributed by atoms with van der Waals surface area (Å²) in [7, 11) is 0. The van der Waals surface area contributed by atoms with Crippen LogP contribution in [0.2, 0.25) is 0 Å². The van der Waals surface area contributed by atoms with E-state index < -0.39 is 35.8 Å². The van der Waals surface area contributed by atoms with Gasteiger partial charge in [0.25, 0.3) is 5.91 Å². The van der Waals surface area contributed by atoms with E-state index in [0.717, 1.165) is 18.2 Å². The summed E-state index contributed by atoms with van der Waals surface area (Å²) >= 11 is 0. The molecule has 0 bridgehead atoms. The highest BCUT2D eigenvalue weighted by Crippen LogP contribution is 2.35. The SMILES string of the molecule is O=C(COc1cccc(C(F)(F)F)c1)NC1(C(=O)O)CC1. The first-order chi connectivity index (χ1) is 9.73.